The van der Waals surface area contributed by atoms with Crippen molar-refractivity contribution in [3.05, 3.63) is 99.3 Å². The van der Waals surface area contributed by atoms with Gasteiger partial charge in [0.2, 0.25) is 5.91 Å². The number of carbonyl (C=O) groups excluding carboxylic acids is 2. The third kappa shape index (κ3) is 3.42. The molecule has 10 heteroatoms. The number of carbonyl (C=O) groups is 2. The summed E-state index contributed by atoms with van der Waals surface area (Å²) in [7, 11) is 0. The fraction of sp³-hybridized carbons (Fsp3) is 0.130. The van der Waals surface area contributed by atoms with Crippen molar-refractivity contribution in [2.75, 3.05) is 9.96 Å². The van der Waals surface area contributed by atoms with Crippen LogP contribution < -0.4 is 9.96 Å². The molecule has 2 amide bonds. The monoisotopic (exact) mass is 467 g/mol. The molecule has 2 aliphatic heterocycles. The number of hydroxylamine groups is 1. The van der Waals surface area contributed by atoms with Crippen LogP contribution in [0.4, 0.5) is 21.5 Å². The van der Waals surface area contributed by atoms with E-state index in [-0.39, 0.29) is 11.4 Å². The highest BCUT2D eigenvalue weighted by molar-refractivity contribution is 6.31. The Morgan fingerprint density at radius 2 is 1.67 bits per heavy atom. The number of nitrogens with zero attached hydrogens (tertiary/aromatic N) is 3. The van der Waals surface area contributed by atoms with Gasteiger partial charge < -0.3 is 0 Å². The minimum absolute atomic E-state index is 0.170. The standard InChI is InChI=1S/C23H15ClFN3O5/c24-18-7-2-1-6-17(18)20-19-21(33-27(20)15-4-3-5-16(12-15)28(31)32)23(30)26(22(19)29)14-10-8-13(25)9-11-14/h1-12,19-21H/t19-,20-,21+/m1/s1. The van der Waals surface area contributed by atoms with Crippen LogP contribution in [0.5, 0.6) is 0 Å². The fourth-order valence-corrected chi connectivity index (χ4v) is 4.51. The van der Waals surface area contributed by atoms with E-state index < -0.39 is 40.6 Å². The first-order chi connectivity index (χ1) is 15.9. The lowest BCUT2D eigenvalue weighted by molar-refractivity contribution is -0.384. The summed E-state index contributed by atoms with van der Waals surface area (Å²) in [6.07, 6.45) is -1.18. The first kappa shape index (κ1) is 21.0. The molecule has 0 unspecified atom stereocenters. The summed E-state index contributed by atoms with van der Waals surface area (Å²) in [6, 6.07) is 16.7. The van der Waals surface area contributed by atoms with Crippen LogP contribution in [-0.2, 0) is 14.4 Å². The van der Waals surface area contributed by atoms with Gasteiger partial charge in [0.15, 0.2) is 6.10 Å². The number of imide groups is 1. The predicted octanol–water partition coefficient (Wildman–Crippen LogP) is 4.44. The van der Waals surface area contributed by atoms with Gasteiger partial charge in [-0.25, -0.2) is 14.4 Å². The zero-order valence-corrected chi connectivity index (χ0v) is 17.6. The zero-order chi connectivity index (χ0) is 23.3. The minimum atomic E-state index is -1.18. The molecule has 0 bridgehead atoms. The van der Waals surface area contributed by atoms with E-state index in [1.54, 1.807) is 30.3 Å². The molecule has 8 nitrogen and oxygen atoms in total. The largest absolute Gasteiger partial charge is 0.273 e. The summed E-state index contributed by atoms with van der Waals surface area (Å²) in [5.74, 6) is -2.61. The lowest BCUT2D eigenvalue weighted by Crippen LogP contribution is -2.37. The Hall–Kier alpha value is -3.82. The molecule has 2 aliphatic rings. The molecule has 3 aromatic rings. The highest BCUT2D eigenvalue weighted by Crippen LogP contribution is 2.49. The van der Waals surface area contributed by atoms with Gasteiger partial charge in [-0.05, 0) is 42.0 Å². The van der Waals surface area contributed by atoms with E-state index in [4.69, 9.17) is 16.4 Å². The Balaban J connectivity index is 1.61. The molecule has 2 heterocycles. The highest BCUT2D eigenvalue weighted by Gasteiger charge is 2.60. The Labute approximate surface area is 191 Å². The molecule has 2 saturated heterocycles. The quantitative estimate of drug-likeness (QED) is 0.320. The Morgan fingerprint density at radius 3 is 2.36 bits per heavy atom. The van der Waals surface area contributed by atoms with Crippen molar-refractivity contribution in [1.82, 2.24) is 0 Å². The Bertz CT molecular complexity index is 1290. The van der Waals surface area contributed by atoms with E-state index in [1.807, 2.05) is 0 Å². The first-order valence-corrected chi connectivity index (χ1v) is 10.3. The number of anilines is 2. The van der Waals surface area contributed by atoms with Crippen molar-refractivity contribution in [2.45, 2.75) is 12.1 Å². The molecule has 2 fully saturated rings. The number of non-ortho nitro benzene ring substituents is 1. The van der Waals surface area contributed by atoms with Crippen LogP contribution in [-0.4, -0.2) is 22.8 Å². The highest BCUT2D eigenvalue weighted by atomic mass is 35.5. The van der Waals surface area contributed by atoms with Gasteiger partial charge in [0.1, 0.15) is 11.7 Å². The van der Waals surface area contributed by atoms with Crippen LogP contribution in [0.1, 0.15) is 11.6 Å². The molecule has 0 radical (unpaired) electrons. The van der Waals surface area contributed by atoms with Crippen molar-refractivity contribution < 1.29 is 23.7 Å². The topological polar surface area (TPSA) is 93.0 Å². The second-order valence-corrected chi connectivity index (χ2v) is 8.02. The maximum Gasteiger partial charge on any atom is 0.271 e. The minimum Gasteiger partial charge on any atom is -0.273 e. The Kier molecular flexibility index (Phi) is 5.07. The van der Waals surface area contributed by atoms with Crippen molar-refractivity contribution in [3.63, 3.8) is 0 Å². The molecular weight excluding hydrogens is 453 g/mol. The molecule has 0 N–H and O–H groups in total. The smallest absolute Gasteiger partial charge is 0.271 e. The average Bonchev–Trinajstić information content (AvgIpc) is 3.31. The summed E-state index contributed by atoms with van der Waals surface area (Å²) >= 11 is 6.44. The van der Waals surface area contributed by atoms with Gasteiger partial charge in [0.05, 0.1) is 22.3 Å². The number of rotatable bonds is 4. The molecule has 166 valence electrons. The first-order valence-electron chi connectivity index (χ1n) is 9.95. The van der Waals surface area contributed by atoms with E-state index in [0.717, 1.165) is 17.0 Å². The van der Waals surface area contributed by atoms with Crippen molar-refractivity contribution in [1.29, 1.82) is 0 Å². The normalized spacial score (nSPS) is 22.1. The summed E-state index contributed by atoms with van der Waals surface area (Å²) in [4.78, 5) is 44.4. The predicted molar refractivity (Wildman–Crippen MR) is 117 cm³/mol. The van der Waals surface area contributed by atoms with Crippen LogP contribution in [0, 0.1) is 21.8 Å². The Morgan fingerprint density at radius 1 is 0.939 bits per heavy atom. The lowest BCUT2D eigenvalue weighted by atomic mass is 9.90. The molecule has 33 heavy (non-hydrogen) atoms. The number of hydrogen-bond acceptors (Lipinski definition) is 6. The fourth-order valence-electron chi connectivity index (χ4n) is 4.26. The number of amides is 2. The molecule has 0 spiro atoms. The summed E-state index contributed by atoms with van der Waals surface area (Å²) in [6.45, 7) is 0. The van der Waals surface area contributed by atoms with E-state index in [2.05, 4.69) is 0 Å². The van der Waals surface area contributed by atoms with E-state index in [9.17, 15) is 24.1 Å². The van der Waals surface area contributed by atoms with E-state index >= 15 is 0 Å². The third-order valence-corrected chi connectivity index (χ3v) is 6.06. The van der Waals surface area contributed by atoms with Crippen LogP contribution in [0.15, 0.2) is 72.8 Å². The molecule has 5 rings (SSSR count). The molecule has 0 saturated carbocycles. The molecule has 3 atom stereocenters. The zero-order valence-electron chi connectivity index (χ0n) is 16.8. The average molecular weight is 468 g/mol. The number of nitro groups is 1. The van der Waals surface area contributed by atoms with E-state index in [0.29, 0.717) is 16.3 Å². The summed E-state index contributed by atoms with van der Waals surface area (Å²) in [5.41, 5.74) is 0.888. The van der Waals surface area contributed by atoms with Gasteiger partial charge >= 0.3 is 0 Å². The number of fused-ring (bicyclic) bond motifs is 1. The van der Waals surface area contributed by atoms with Crippen molar-refractivity contribution in [3.8, 4) is 0 Å². The van der Waals surface area contributed by atoms with Gasteiger partial charge in [-0.15, -0.1) is 0 Å². The number of hydrogen-bond donors (Lipinski definition) is 0. The van der Waals surface area contributed by atoms with Gasteiger partial charge in [0.25, 0.3) is 11.6 Å². The van der Waals surface area contributed by atoms with Crippen LogP contribution in [0.3, 0.4) is 0 Å². The van der Waals surface area contributed by atoms with Crippen LogP contribution in [0.2, 0.25) is 5.02 Å². The molecule has 3 aromatic carbocycles. The molecular formula is C23H15ClFN3O5. The third-order valence-electron chi connectivity index (χ3n) is 5.72. The number of halogens is 2. The van der Waals surface area contributed by atoms with Gasteiger partial charge in [0, 0.05) is 17.2 Å². The van der Waals surface area contributed by atoms with Crippen molar-refractivity contribution >= 4 is 40.5 Å². The lowest BCUT2D eigenvalue weighted by Gasteiger charge is -2.29. The second kappa shape index (κ2) is 7.95. The number of nitro benzene ring substituents is 1. The van der Waals surface area contributed by atoms with Crippen LogP contribution >= 0.6 is 11.6 Å². The summed E-state index contributed by atoms with van der Waals surface area (Å²) < 4.78 is 13.4. The van der Waals surface area contributed by atoms with E-state index in [1.165, 1.54) is 35.4 Å². The maximum absolute atomic E-state index is 13.5. The second-order valence-electron chi connectivity index (χ2n) is 7.61. The van der Waals surface area contributed by atoms with Crippen molar-refractivity contribution in [2.24, 2.45) is 5.92 Å². The molecule has 0 aromatic heterocycles. The van der Waals surface area contributed by atoms with Gasteiger partial charge in [-0.2, -0.15) is 0 Å². The summed E-state index contributed by atoms with van der Waals surface area (Å²) in [5, 5.41) is 13.0. The number of benzene rings is 3. The van der Waals surface area contributed by atoms with Gasteiger partial charge in [-0.1, -0.05) is 35.9 Å². The molecule has 0 aliphatic carbocycles. The van der Waals surface area contributed by atoms with Gasteiger partial charge in [-0.3, -0.25) is 24.5 Å². The SMILES string of the molecule is O=C1[C@H]2[C@H](ON(c3cccc([N+](=O)[O-])c3)[C@@H]2c2ccccc2Cl)C(=O)N1c1ccc(F)cc1. The maximum atomic E-state index is 13.5. The van der Waals surface area contributed by atoms with Crippen LogP contribution in [0.25, 0.3) is 0 Å².